The number of imidazole rings is 1. The van der Waals surface area contributed by atoms with Crippen LogP contribution in [0.25, 0.3) is 11.2 Å². The van der Waals surface area contributed by atoms with Gasteiger partial charge >= 0.3 is 6.09 Å². The normalized spacial score (nSPS) is 10.6. The molecule has 0 bridgehead atoms. The Balaban J connectivity index is 1.53. The Kier molecular flexibility index (Phi) is 4.20. The number of benzene rings is 1. The van der Waals surface area contributed by atoms with Gasteiger partial charge in [-0.1, -0.05) is 41.9 Å². The molecule has 1 amide bonds. The van der Waals surface area contributed by atoms with Gasteiger partial charge in [-0.3, -0.25) is 0 Å². The number of nitrogens with one attached hydrogen (secondary N) is 2. The van der Waals surface area contributed by atoms with E-state index in [0.717, 1.165) is 5.56 Å². The molecule has 0 unspecified atom stereocenters. The van der Waals surface area contributed by atoms with Crippen LogP contribution in [0.15, 0.2) is 42.5 Å². The highest BCUT2D eigenvalue weighted by molar-refractivity contribution is 6.29. The number of fused-ring (bicyclic) bond motifs is 1. The number of carbonyl (C=O) groups excluding carboxylic acids is 1. The van der Waals surface area contributed by atoms with Crippen LogP contribution in [0.1, 0.15) is 11.4 Å². The van der Waals surface area contributed by atoms with Crippen molar-refractivity contribution in [1.82, 2.24) is 20.3 Å². The maximum atomic E-state index is 11.6. The topological polar surface area (TPSA) is 79.9 Å². The molecule has 0 fully saturated rings. The first-order valence-corrected chi connectivity index (χ1v) is 7.04. The highest BCUT2D eigenvalue weighted by Crippen LogP contribution is 2.12. The van der Waals surface area contributed by atoms with Gasteiger partial charge in [0.15, 0.2) is 5.65 Å². The van der Waals surface area contributed by atoms with Crippen LogP contribution in [0.4, 0.5) is 4.79 Å². The lowest BCUT2D eigenvalue weighted by molar-refractivity contribution is 0.139. The van der Waals surface area contributed by atoms with E-state index < -0.39 is 6.09 Å². The minimum atomic E-state index is -0.504. The Morgan fingerprint density at radius 1 is 1.18 bits per heavy atom. The SMILES string of the molecule is O=C(NCc1nc2ccc(Cl)nc2[nH]1)OCc1ccccc1. The maximum Gasteiger partial charge on any atom is 0.407 e. The molecule has 2 aromatic heterocycles. The van der Waals surface area contributed by atoms with Gasteiger partial charge in [-0.15, -0.1) is 0 Å². The fraction of sp³-hybridized carbons (Fsp3) is 0.133. The van der Waals surface area contributed by atoms with E-state index in [-0.39, 0.29) is 13.2 Å². The summed E-state index contributed by atoms with van der Waals surface area (Å²) < 4.78 is 5.11. The molecule has 3 rings (SSSR count). The number of hydrogen-bond acceptors (Lipinski definition) is 4. The number of nitrogens with zero attached hydrogens (tertiary/aromatic N) is 2. The van der Waals surface area contributed by atoms with E-state index in [1.54, 1.807) is 12.1 Å². The molecule has 1 aromatic carbocycles. The molecule has 22 heavy (non-hydrogen) atoms. The van der Waals surface area contributed by atoms with E-state index in [1.807, 2.05) is 30.3 Å². The summed E-state index contributed by atoms with van der Waals surface area (Å²) in [4.78, 5) is 23.0. The van der Waals surface area contributed by atoms with Crippen molar-refractivity contribution >= 4 is 28.9 Å². The van der Waals surface area contributed by atoms with Crippen molar-refractivity contribution < 1.29 is 9.53 Å². The van der Waals surface area contributed by atoms with Crippen molar-refractivity contribution in [3.8, 4) is 0 Å². The van der Waals surface area contributed by atoms with E-state index in [0.29, 0.717) is 22.1 Å². The van der Waals surface area contributed by atoms with E-state index in [1.165, 1.54) is 0 Å². The number of carbonyl (C=O) groups is 1. The third-order valence-corrected chi connectivity index (χ3v) is 3.18. The van der Waals surface area contributed by atoms with Crippen molar-refractivity contribution in [3.63, 3.8) is 0 Å². The summed E-state index contributed by atoms with van der Waals surface area (Å²) in [5, 5.41) is 3.02. The molecular weight excluding hydrogens is 304 g/mol. The predicted molar refractivity (Wildman–Crippen MR) is 82.4 cm³/mol. The quantitative estimate of drug-likeness (QED) is 0.725. The largest absolute Gasteiger partial charge is 0.445 e. The minimum Gasteiger partial charge on any atom is -0.445 e. The number of aromatic amines is 1. The van der Waals surface area contributed by atoms with Gasteiger partial charge in [-0.05, 0) is 17.7 Å². The molecule has 0 radical (unpaired) electrons. The van der Waals surface area contributed by atoms with E-state index in [9.17, 15) is 4.79 Å². The number of H-pyrrole nitrogens is 1. The number of pyridine rings is 1. The van der Waals surface area contributed by atoms with E-state index in [2.05, 4.69) is 20.3 Å². The Morgan fingerprint density at radius 2 is 2.00 bits per heavy atom. The molecule has 0 aliphatic rings. The van der Waals surface area contributed by atoms with E-state index >= 15 is 0 Å². The summed E-state index contributed by atoms with van der Waals surface area (Å²) in [5.41, 5.74) is 2.21. The van der Waals surface area contributed by atoms with Gasteiger partial charge < -0.3 is 15.0 Å². The number of ether oxygens (including phenoxy) is 1. The fourth-order valence-electron chi connectivity index (χ4n) is 1.93. The highest BCUT2D eigenvalue weighted by atomic mass is 35.5. The lowest BCUT2D eigenvalue weighted by Gasteiger charge is -2.05. The van der Waals surface area contributed by atoms with Gasteiger partial charge in [-0.2, -0.15) is 0 Å². The van der Waals surface area contributed by atoms with Crippen LogP contribution in [0.5, 0.6) is 0 Å². The summed E-state index contributed by atoms with van der Waals surface area (Å²) >= 11 is 5.81. The van der Waals surface area contributed by atoms with Gasteiger partial charge in [0.1, 0.15) is 23.1 Å². The first-order valence-electron chi connectivity index (χ1n) is 6.66. The summed E-state index contributed by atoms with van der Waals surface area (Å²) in [6.45, 7) is 0.450. The Morgan fingerprint density at radius 3 is 2.82 bits per heavy atom. The number of halogens is 1. The zero-order chi connectivity index (χ0) is 15.4. The Hall–Kier alpha value is -2.60. The molecule has 112 valence electrons. The van der Waals surface area contributed by atoms with Crippen LogP contribution < -0.4 is 5.32 Å². The molecule has 3 aromatic rings. The van der Waals surface area contributed by atoms with Crippen molar-refractivity contribution in [2.75, 3.05) is 0 Å². The van der Waals surface area contributed by atoms with Crippen molar-refractivity contribution in [2.24, 2.45) is 0 Å². The molecule has 2 N–H and O–H groups in total. The summed E-state index contributed by atoms with van der Waals surface area (Å²) in [6.07, 6.45) is -0.504. The van der Waals surface area contributed by atoms with Gasteiger partial charge in [0, 0.05) is 0 Å². The average Bonchev–Trinajstić information content (AvgIpc) is 2.94. The monoisotopic (exact) mass is 316 g/mol. The molecule has 0 saturated carbocycles. The number of aromatic nitrogens is 3. The second kappa shape index (κ2) is 6.44. The highest BCUT2D eigenvalue weighted by Gasteiger charge is 2.07. The zero-order valence-corrected chi connectivity index (χ0v) is 12.3. The summed E-state index contributed by atoms with van der Waals surface area (Å²) in [6, 6.07) is 12.9. The number of alkyl carbamates (subject to hydrolysis) is 1. The van der Waals surface area contributed by atoms with Crippen LogP contribution in [0.3, 0.4) is 0 Å². The Labute approximate surface area is 131 Å². The van der Waals surface area contributed by atoms with Crippen LogP contribution >= 0.6 is 11.6 Å². The van der Waals surface area contributed by atoms with Gasteiger partial charge in [-0.25, -0.2) is 14.8 Å². The molecule has 6 nitrogen and oxygen atoms in total. The first-order chi connectivity index (χ1) is 10.7. The van der Waals surface area contributed by atoms with Crippen molar-refractivity contribution in [2.45, 2.75) is 13.2 Å². The molecule has 0 atom stereocenters. The lowest BCUT2D eigenvalue weighted by atomic mass is 10.2. The molecule has 0 saturated heterocycles. The molecule has 7 heteroatoms. The number of amides is 1. The van der Waals surface area contributed by atoms with Gasteiger partial charge in [0.25, 0.3) is 0 Å². The lowest BCUT2D eigenvalue weighted by Crippen LogP contribution is -2.24. The third-order valence-electron chi connectivity index (χ3n) is 2.97. The molecule has 0 spiro atoms. The zero-order valence-electron chi connectivity index (χ0n) is 11.5. The van der Waals surface area contributed by atoms with Gasteiger partial charge in [0.2, 0.25) is 0 Å². The fourth-order valence-corrected chi connectivity index (χ4v) is 2.08. The average molecular weight is 317 g/mol. The third kappa shape index (κ3) is 3.53. The van der Waals surface area contributed by atoms with Gasteiger partial charge in [0.05, 0.1) is 6.54 Å². The molecule has 0 aliphatic carbocycles. The standard InChI is InChI=1S/C15H13ClN4O2/c16-12-7-6-11-14(19-12)20-13(18-11)8-17-15(21)22-9-10-4-2-1-3-5-10/h1-7H,8-9H2,(H,17,21)(H,18,19,20). The van der Waals surface area contributed by atoms with Crippen LogP contribution in [-0.2, 0) is 17.9 Å². The Bertz CT molecular complexity index is 789. The second-order valence-corrected chi connectivity index (χ2v) is 4.99. The predicted octanol–water partition coefficient (Wildman–Crippen LogP) is 3.04. The number of rotatable bonds is 4. The maximum absolute atomic E-state index is 11.6. The second-order valence-electron chi connectivity index (χ2n) is 4.60. The van der Waals surface area contributed by atoms with Crippen LogP contribution in [-0.4, -0.2) is 21.0 Å². The van der Waals surface area contributed by atoms with Crippen molar-refractivity contribution in [3.05, 3.63) is 59.0 Å². The van der Waals surface area contributed by atoms with Crippen LogP contribution in [0.2, 0.25) is 5.15 Å². The first kappa shape index (κ1) is 14.3. The smallest absolute Gasteiger partial charge is 0.407 e. The summed E-state index contributed by atoms with van der Waals surface area (Å²) in [5.74, 6) is 0.585. The van der Waals surface area contributed by atoms with Crippen molar-refractivity contribution in [1.29, 1.82) is 0 Å². The summed E-state index contributed by atoms with van der Waals surface area (Å²) in [7, 11) is 0. The molecule has 2 heterocycles. The molecule has 0 aliphatic heterocycles. The number of hydrogen-bond donors (Lipinski definition) is 2. The minimum absolute atomic E-state index is 0.224. The van der Waals surface area contributed by atoms with E-state index in [4.69, 9.17) is 16.3 Å². The van der Waals surface area contributed by atoms with Crippen LogP contribution in [0, 0.1) is 0 Å². The molecular formula is C15H13ClN4O2.